The van der Waals surface area contributed by atoms with E-state index in [1.807, 2.05) is 0 Å². The number of hydrogen-bond donors (Lipinski definition) is 0. The second-order valence-corrected chi connectivity index (χ2v) is 6.42. The van der Waals surface area contributed by atoms with Gasteiger partial charge in [0.1, 0.15) is 18.8 Å². The van der Waals surface area contributed by atoms with Crippen LogP contribution in [0.2, 0.25) is 0 Å². The number of ether oxygens (including phenoxy) is 1. The first-order chi connectivity index (χ1) is 8.82. The molecule has 1 atom stereocenters. The van der Waals surface area contributed by atoms with Crippen molar-refractivity contribution in [1.82, 2.24) is 0 Å². The molecule has 108 valence electrons. The molecule has 0 saturated heterocycles. The van der Waals surface area contributed by atoms with E-state index >= 15 is 0 Å². The van der Waals surface area contributed by atoms with Crippen molar-refractivity contribution in [2.45, 2.75) is 59.8 Å². The van der Waals surface area contributed by atoms with E-state index in [2.05, 4.69) is 26.8 Å². The number of allylic oxidation sites excluding steroid dienone is 1. The summed E-state index contributed by atoms with van der Waals surface area (Å²) in [5, 5.41) is 0. The molecule has 3 nitrogen and oxygen atoms in total. The highest BCUT2D eigenvalue weighted by molar-refractivity contribution is 5.95. The molecule has 0 fully saturated rings. The third-order valence-electron chi connectivity index (χ3n) is 3.72. The minimum atomic E-state index is -0.398. The zero-order valence-electron chi connectivity index (χ0n) is 12.6. The third kappa shape index (κ3) is 5.58. The normalized spacial score (nSPS) is 19.8. The van der Waals surface area contributed by atoms with Gasteiger partial charge in [-0.3, -0.25) is 9.59 Å². The van der Waals surface area contributed by atoms with Gasteiger partial charge in [0, 0.05) is 6.42 Å². The summed E-state index contributed by atoms with van der Waals surface area (Å²) in [5.74, 6) is 0.0908. The van der Waals surface area contributed by atoms with Crippen molar-refractivity contribution in [2.24, 2.45) is 11.3 Å². The van der Waals surface area contributed by atoms with E-state index in [1.54, 1.807) is 6.92 Å². The first-order valence-electron chi connectivity index (χ1n) is 7.19. The predicted molar refractivity (Wildman–Crippen MR) is 75.8 cm³/mol. The topological polar surface area (TPSA) is 43.4 Å². The summed E-state index contributed by atoms with van der Waals surface area (Å²) < 4.78 is 5.19. The number of Topliss-reactive ketones (excluding diaryl/α,β-unsaturated/α-hetero) is 1. The maximum absolute atomic E-state index is 11.5. The monoisotopic (exact) mass is 266 g/mol. The molecule has 1 aliphatic rings. The maximum atomic E-state index is 11.5. The smallest absolute Gasteiger partial charge is 0.313 e. The van der Waals surface area contributed by atoms with E-state index in [0.29, 0.717) is 18.9 Å². The minimum absolute atomic E-state index is 0.0600. The van der Waals surface area contributed by atoms with Crippen LogP contribution in [0.1, 0.15) is 59.8 Å². The fourth-order valence-corrected chi connectivity index (χ4v) is 2.31. The van der Waals surface area contributed by atoms with Gasteiger partial charge in [-0.25, -0.2) is 0 Å². The van der Waals surface area contributed by atoms with Crippen LogP contribution >= 0.6 is 0 Å². The zero-order chi connectivity index (χ0) is 14.5. The van der Waals surface area contributed by atoms with Crippen molar-refractivity contribution in [3.8, 4) is 0 Å². The molecule has 0 aromatic rings. The number of hydrogen-bond acceptors (Lipinski definition) is 3. The van der Waals surface area contributed by atoms with Gasteiger partial charge >= 0.3 is 5.97 Å². The Hall–Kier alpha value is -1.12. The quantitative estimate of drug-likeness (QED) is 0.433. The number of rotatable bonds is 5. The second-order valence-electron chi connectivity index (χ2n) is 6.42. The molecule has 0 saturated carbocycles. The van der Waals surface area contributed by atoms with Gasteiger partial charge in [-0.15, -0.1) is 0 Å². The molecule has 3 heteroatoms. The van der Waals surface area contributed by atoms with Crippen LogP contribution in [-0.4, -0.2) is 18.4 Å². The Balaban J connectivity index is 2.46. The van der Waals surface area contributed by atoms with E-state index in [-0.39, 0.29) is 17.6 Å². The number of esters is 1. The van der Waals surface area contributed by atoms with E-state index in [9.17, 15) is 9.59 Å². The van der Waals surface area contributed by atoms with Crippen LogP contribution in [0.3, 0.4) is 0 Å². The van der Waals surface area contributed by atoms with Gasteiger partial charge in [0.2, 0.25) is 0 Å². The average Bonchev–Trinajstić information content (AvgIpc) is 2.35. The molecule has 0 bridgehead atoms. The molecule has 0 amide bonds. The fourth-order valence-electron chi connectivity index (χ4n) is 2.31. The summed E-state index contributed by atoms with van der Waals surface area (Å²) >= 11 is 0. The SMILES string of the molecule is CCC(=O)CC(=O)OCC1=CC(C(C)(C)C)CCC1. The molecule has 1 aliphatic carbocycles. The molecule has 0 N–H and O–H groups in total. The van der Waals surface area contributed by atoms with E-state index in [4.69, 9.17) is 4.74 Å². The average molecular weight is 266 g/mol. The van der Waals surface area contributed by atoms with E-state index < -0.39 is 5.97 Å². The predicted octanol–water partition coefficient (Wildman–Crippen LogP) is 3.67. The second kappa shape index (κ2) is 6.88. The number of ketones is 1. The summed E-state index contributed by atoms with van der Waals surface area (Å²) in [6.45, 7) is 8.82. The summed E-state index contributed by atoms with van der Waals surface area (Å²) in [5.41, 5.74) is 1.46. The molecule has 0 aromatic carbocycles. The summed E-state index contributed by atoms with van der Waals surface area (Å²) in [6, 6.07) is 0. The fraction of sp³-hybridized carbons (Fsp3) is 0.750. The van der Waals surface area contributed by atoms with Gasteiger partial charge < -0.3 is 4.74 Å². The third-order valence-corrected chi connectivity index (χ3v) is 3.72. The van der Waals surface area contributed by atoms with E-state index in [0.717, 1.165) is 12.8 Å². The van der Waals surface area contributed by atoms with Gasteiger partial charge in [0.05, 0.1) is 0 Å². The highest BCUT2D eigenvalue weighted by Crippen LogP contribution is 2.36. The molecule has 0 heterocycles. The van der Waals surface area contributed by atoms with Crippen molar-refractivity contribution < 1.29 is 14.3 Å². The maximum Gasteiger partial charge on any atom is 0.313 e. The minimum Gasteiger partial charge on any atom is -0.461 e. The lowest BCUT2D eigenvalue weighted by Crippen LogP contribution is -2.22. The molecular weight excluding hydrogens is 240 g/mol. The summed E-state index contributed by atoms with van der Waals surface area (Å²) in [7, 11) is 0. The molecule has 1 rings (SSSR count). The zero-order valence-corrected chi connectivity index (χ0v) is 12.6. The van der Waals surface area contributed by atoms with Crippen molar-refractivity contribution in [1.29, 1.82) is 0 Å². The van der Waals surface area contributed by atoms with Gasteiger partial charge in [0.15, 0.2) is 0 Å². The van der Waals surface area contributed by atoms with Crippen LogP contribution in [0.5, 0.6) is 0 Å². The Labute approximate surface area is 116 Å². The largest absolute Gasteiger partial charge is 0.461 e. The Kier molecular flexibility index (Phi) is 5.77. The van der Waals surface area contributed by atoms with Crippen molar-refractivity contribution in [2.75, 3.05) is 6.61 Å². The van der Waals surface area contributed by atoms with Crippen LogP contribution in [0, 0.1) is 11.3 Å². The van der Waals surface area contributed by atoms with Crippen molar-refractivity contribution in [3.63, 3.8) is 0 Å². The standard InChI is InChI=1S/C16H26O3/c1-5-14(17)10-15(18)19-11-12-7-6-8-13(9-12)16(2,3)4/h9,13H,5-8,10-11H2,1-4H3. The lowest BCUT2D eigenvalue weighted by molar-refractivity contribution is -0.145. The lowest BCUT2D eigenvalue weighted by Gasteiger charge is -2.32. The summed E-state index contributed by atoms with van der Waals surface area (Å²) in [6.07, 6.45) is 5.92. The summed E-state index contributed by atoms with van der Waals surface area (Å²) in [4.78, 5) is 22.6. The Morgan fingerprint density at radius 2 is 2.05 bits per heavy atom. The first kappa shape index (κ1) is 15.9. The molecule has 0 aliphatic heterocycles. The number of carbonyl (C=O) groups is 2. The van der Waals surface area contributed by atoms with Gasteiger partial charge in [-0.1, -0.05) is 33.8 Å². The Morgan fingerprint density at radius 3 is 2.63 bits per heavy atom. The Bertz CT molecular complexity index is 361. The highest BCUT2D eigenvalue weighted by Gasteiger charge is 2.25. The highest BCUT2D eigenvalue weighted by atomic mass is 16.5. The van der Waals surface area contributed by atoms with Gasteiger partial charge in [-0.05, 0) is 36.2 Å². The van der Waals surface area contributed by atoms with Gasteiger partial charge in [-0.2, -0.15) is 0 Å². The first-order valence-corrected chi connectivity index (χ1v) is 7.19. The lowest BCUT2D eigenvalue weighted by atomic mass is 9.74. The van der Waals surface area contributed by atoms with Crippen LogP contribution in [0.15, 0.2) is 11.6 Å². The molecule has 0 spiro atoms. The molecule has 0 radical (unpaired) electrons. The van der Waals surface area contributed by atoms with Crippen LogP contribution in [0.25, 0.3) is 0 Å². The molecular formula is C16H26O3. The molecule has 0 aromatic heterocycles. The molecule has 19 heavy (non-hydrogen) atoms. The van der Waals surface area contributed by atoms with E-state index in [1.165, 1.54) is 12.0 Å². The van der Waals surface area contributed by atoms with Crippen LogP contribution in [-0.2, 0) is 14.3 Å². The van der Waals surface area contributed by atoms with Crippen molar-refractivity contribution in [3.05, 3.63) is 11.6 Å². The van der Waals surface area contributed by atoms with Crippen molar-refractivity contribution >= 4 is 11.8 Å². The molecule has 1 unspecified atom stereocenters. The Morgan fingerprint density at radius 1 is 1.37 bits per heavy atom. The van der Waals surface area contributed by atoms with Gasteiger partial charge in [0.25, 0.3) is 0 Å². The number of carbonyl (C=O) groups excluding carboxylic acids is 2. The van der Waals surface area contributed by atoms with Crippen LogP contribution in [0.4, 0.5) is 0 Å². The van der Waals surface area contributed by atoms with Crippen LogP contribution < -0.4 is 0 Å².